The zero-order valence-electron chi connectivity index (χ0n) is 15.7. The van der Waals surface area contributed by atoms with E-state index in [9.17, 15) is 4.79 Å². The van der Waals surface area contributed by atoms with E-state index in [4.69, 9.17) is 0 Å². The predicted octanol–water partition coefficient (Wildman–Crippen LogP) is 3.71. The maximum Gasteiger partial charge on any atom is 0.254 e. The molecule has 1 heterocycles. The van der Waals surface area contributed by atoms with E-state index in [0.29, 0.717) is 17.9 Å². The van der Waals surface area contributed by atoms with Gasteiger partial charge < -0.3 is 10.2 Å². The molecule has 0 aliphatic carbocycles. The van der Waals surface area contributed by atoms with Crippen LogP contribution >= 0.6 is 0 Å². The fraction of sp³-hybridized carbons (Fsp3) is 0.227. The van der Waals surface area contributed by atoms with E-state index in [1.165, 1.54) is 11.3 Å². The lowest BCUT2D eigenvalue weighted by atomic mass is 10.2. The third-order valence-electron chi connectivity index (χ3n) is 4.45. The van der Waals surface area contributed by atoms with Crippen LogP contribution in [0.25, 0.3) is 11.4 Å². The van der Waals surface area contributed by atoms with E-state index < -0.39 is 0 Å². The molecule has 0 aliphatic rings. The van der Waals surface area contributed by atoms with Gasteiger partial charge in [0, 0.05) is 43.3 Å². The van der Waals surface area contributed by atoms with Gasteiger partial charge in [0.2, 0.25) is 0 Å². The van der Waals surface area contributed by atoms with Gasteiger partial charge >= 0.3 is 0 Å². The number of para-hydroxylation sites is 1. The van der Waals surface area contributed by atoms with Crippen molar-refractivity contribution in [1.29, 1.82) is 0 Å². The average molecular weight is 360 g/mol. The van der Waals surface area contributed by atoms with Crippen molar-refractivity contribution in [3.05, 3.63) is 78.1 Å². The quantitative estimate of drug-likeness (QED) is 0.698. The molecule has 1 amide bonds. The Morgan fingerprint density at radius 2 is 1.67 bits per heavy atom. The number of amides is 1. The van der Waals surface area contributed by atoms with E-state index in [0.717, 1.165) is 18.7 Å². The molecule has 0 atom stereocenters. The van der Waals surface area contributed by atoms with Crippen molar-refractivity contribution >= 4 is 11.6 Å². The van der Waals surface area contributed by atoms with Crippen LogP contribution in [0.4, 0.5) is 5.69 Å². The summed E-state index contributed by atoms with van der Waals surface area (Å²) < 4.78 is 0. The van der Waals surface area contributed by atoms with Gasteiger partial charge in [0.25, 0.3) is 5.91 Å². The lowest BCUT2D eigenvalue weighted by Gasteiger charge is -2.25. The fourth-order valence-corrected chi connectivity index (χ4v) is 2.96. The normalized spacial score (nSPS) is 10.4. The number of carbonyl (C=O) groups is 1. The molecule has 2 aromatic carbocycles. The minimum atomic E-state index is -0.157. The summed E-state index contributed by atoms with van der Waals surface area (Å²) in [5, 5.41) is 2.95. The summed E-state index contributed by atoms with van der Waals surface area (Å²) in [4.78, 5) is 23.2. The number of likely N-dealkylation sites (N-methyl/N-ethyl adjacent to an activating group) is 1. The van der Waals surface area contributed by atoms with E-state index in [1.54, 1.807) is 12.4 Å². The van der Waals surface area contributed by atoms with Crippen molar-refractivity contribution < 1.29 is 4.79 Å². The van der Waals surface area contributed by atoms with Crippen molar-refractivity contribution in [2.75, 3.05) is 24.5 Å². The Labute approximate surface area is 160 Å². The molecule has 0 unspecified atom stereocenters. The minimum Gasteiger partial charge on any atom is -0.370 e. The molecule has 5 nitrogen and oxygen atoms in total. The lowest BCUT2D eigenvalue weighted by Crippen LogP contribution is -2.35. The number of aromatic nitrogens is 2. The molecule has 5 heteroatoms. The number of nitrogens with zero attached hydrogens (tertiary/aromatic N) is 3. The summed E-state index contributed by atoms with van der Waals surface area (Å²) in [5.41, 5.74) is 3.83. The second-order valence-electron chi connectivity index (χ2n) is 6.28. The van der Waals surface area contributed by atoms with Crippen LogP contribution in [0.3, 0.4) is 0 Å². The highest BCUT2D eigenvalue weighted by molar-refractivity contribution is 5.93. The first kappa shape index (κ1) is 18.6. The molecule has 0 aliphatic heterocycles. The summed E-state index contributed by atoms with van der Waals surface area (Å²) in [7, 11) is 0. The molecule has 0 bridgehead atoms. The first-order chi connectivity index (χ1) is 13.2. The molecule has 0 saturated heterocycles. The van der Waals surface area contributed by atoms with E-state index in [1.807, 2.05) is 42.5 Å². The maximum absolute atomic E-state index is 12.4. The van der Waals surface area contributed by atoms with E-state index in [2.05, 4.69) is 46.2 Å². The molecule has 1 aromatic heterocycles. The zero-order chi connectivity index (χ0) is 19.1. The molecule has 0 spiro atoms. The van der Waals surface area contributed by atoms with Crippen LogP contribution in [0.15, 0.2) is 67.0 Å². The Balaban J connectivity index is 1.57. The molecule has 138 valence electrons. The second-order valence-corrected chi connectivity index (χ2v) is 6.28. The van der Waals surface area contributed by atoms with Crippen molar-refractivity contribution in [2.45, 2.75) is 13.8 Å². The molecule has 0 fully saturated rings. The van der Waals surface area contributed by atoms with Gasteiger partial charge in [0.1, 0.15) is 0 Å². The highest BCUT2D eigenvalue weighted by Gasteiger charge is 2.10. The smallest absolute Gasteiger partial charge is 0.254 e. The van der Waals surface area contributed by atoms with Crippen LogP contribution in [0.5, 0.6) is 0 Å². The largest absolute Gasteiger partial charge is 0.370 e. The number of anilines is 1. The summed E-state index contributed by atoms with van der Waals surface area (Å²) in [6.45, 7) is 6.40. The van der Waals surface area contributed by atoms with Crippen LogP contribution in [-0.4, -0.2) is 35.5 Å². The van der Waals surface area contributed by atoms with Gasteiger partial charge in [0.05, 0.1) is 5.56 Å². The van der Waals surface area contributed by atoms with Gasteiger partial charge in [-0.1, -0.05) is 48.5 Å². The highest BCUT2D eigenvalue weighted by atomic mass is 16.1. The zero-order valence-corrected chi connectivity index (χ0v) is 15.7. The number of carbonyl (C=O) groups excluding carboxylic acids is 1. The van der Waals surface area contributed by atoms with Crippen molar-refractivity contribution in [2.24, 2.45) is 0 Å². The van der Waals surface area contributed by atoms with Gasteiger partial charge in [-0.15, -0.1) is 0 Å². The highest BCUT2D eigenvalue weighted by Crippen LogP contribution is 2.18. The Bertz CT molecular complexity index is 878. The molecule has 0 radical (unpaired) electrons. The minimum absolute atomic E-state index is 0.157. The first-order valence-electron chi connectivity index (χ1n) is 9.15. The average Bonchev–Trinajstić information content (AvgIpc) is 2.72. The summed E-state index contributed by atoms with van der Waals surface area (Å²) in [5.74, 6) is 0.458. The van der Waals surface area contributed by atoms with Crippen LogP contribution in [0, 0.1) is 6.92 Å². The topological polar surface area (TPSA) is 58.1 Å². The van der Waals surface area contributed by atoms with E-state index >= 15 is 0 Å². The number of hydrogen-bond acceptors (Lipinski definition) is 4. The summed E-state index contributed by atoms with van der Waals surface area (Å²) >= 11 is 0. The number of nitrogens with one attached hydrogen (secondary N) is 1. The lowest BCUT2D eigenvalue weighted by molar-refractivity contribution is 0.0954. The van der Waals surface area contributed by atoms with Crippen LogP contribution in [0.2, 0.25) is 0 Å². The predicted molar refractivity (Wildman–Crippen MR) is 109 cm³/mol. The van der Waals surface area contributed by atoms with Gasteiger partial charge in [-0.05, 0) is 25.5 Å². The summed E-state index contributed by atoms with van der Waals surface area (Å²) in [6.07, 6.45) is 3.15. The molecular weight excluding hydrogens is 336 g/mol. The van der Waals surface area contributed by atoms with Crippen molar-refractivity contribution in [3.8, 4) is 11.4 Å². The fourth-order valence-electron chi connectivity index (χ4n) is 2.96. The summed E-state index contributed by atoms with van der Waals surface area (Å²) in [6, 6.07) is 18.0. The number of benzene rings is 2. The van der Waals surface area contributed by atoms with Crippen LogP contribution in [0.1, 0.15) is 22.8 Å². The van der Waals surface area contributed by atoms with Crippen LogP contribution in [-0.2, 0) is 0 Å². The van der Waals surface area contributed by atoms with Crippen LogP contribution < -0.4 is 10.2 Å². The Morgan fingerprint density at radius 3 is 2.33 bits per heavy atom. The van der Waals surface area contributed by atoms with Gasteiger partial charge in [-0.3, -0.25) is 4.79 Å². The molecule has 1 N–H and O–H groups in total. The number of aryl methyl sites for hydroxylation is 1. The Kier molecular flexibility index (Phi) is 6.15. The van der Waals surface area contributed by atoms with Gasteiger partial charge in [0.15, 0.2) is 5.82 Å². The molecule has 3 aromatic rings. The van der Waals surface area contributed by atoms with Gasteiger partial charge in [-0.25, -0.2) is 9.97 Å². The molecular formula is C22H24N4O. The monoisotopic (exact) mass is 360 g/mol. The number of rotatable bonds is 7. The third kappa shape index (κ3) is 4.70. The maximum atomic E-state index is 12.4. The second kappa shape index (κ2) is 8.94. The first-order valence-corrected chi connectivity index (χ1v) is 9.15. The van der Waals surface area contributed by atoms with Crippen molar-refractivity contribution in [3.63, 3.8) is 0 Å². The standard InChI is InChI=1S/C22H24N4O/c1-3-26(20-12-8-7-9-17(20)2)14-13-23-22(27)19-15-24-21(25-16-19)18-10-5-4-6-11-18/h4-12,15-16H,3,13-14H2,1-2H3,(H,23,27). The number of hydrogen-bond donors (Lipinski definition) is 1. The van der Waals surface area contributed by atoms with Gasteiger partial charge in [-0.2, -0.15) is 0 Å². The third-order valence-corrected chi connectivity index (χ3v) is 4.45. The Hall–Kier alpha value is -3.21. The van der Waals surface area contributed by atoms with Crippen molar-refractivity contribution in [1.82, 2.24) is 15.3 Å². The molecule has 27 heavy (non-hydrogen) atoms. The SMILES string of the molecule is CCN(CCNC(=O)c1cnc(-c2ccccc2)nc1)c1ccccc1C. The molecule has 3 rings (SSSR count). The van der Waals surface area contributed by atoms with E-state index in [-0.39, 0.29) is 5.91 Å². The molecule has 0 saturated carbocycles. The Morgan fingerprint density at radius 1 is 1.00 bits per heavy atom.